The van der Waals surface area contributed by atoms with Gasteiger partial charge in [-0.2, -0.15) is 0 Å². The lowest BCUT2D eigenvalue weighted by atomic mass is 10.2. The summed E-state index contributed by atoms with van der Waals surface area (Å²) in [6.45, 7) is -0.165. The Kier molecular flexibility index (Phi) is 5.35. The molecule has 0 atom stereocenters. The summed E-state index contributed by atoms with van der Waals surface area (Å²) in [5.74, 6) is 0.0929. The maximum Gasteiger partial charge on any atom is 0.264 e. The van der Waals surface area contributed by atoms with Gasteiger partial charge in [-0.3, -0.25) is 10.1 Å². The Hall–Kier alpha value is -2.08. The van der Waals surface area contributed by atoms with Crippen LogP contribution in [0.5, 0.6) is 5.75 Å². The fraction of sp³-hybridized carbons (Fsp3) is 0.0588. The van der Waals surface area contributed by atoms with Gasteiger partial charge in [0.15, 0.2) is 11.7 Å². The first-order valence-corrected chi connectivity index (χ1v) is 8.58. The van der Waals surface area contributed by atoms with E-state index in [0.29, 0.717) is 20.9 Å². The molecule has 0 saturated heterocycles. The molecule has 1 aromatic heterocycles. The second kappa shape index (κ2) is 7.66. The summed E-state index contributed by atoms with van der Waals surface area (Å²) < 4.78 is 5.39. The van der Waals surface area contributed by atoms with Crippen LogP contribution < -0.4 is 10.1 Å². The van der Waals surface area contributed by atoms with E-state index in [2.05, 4.69) is 10.3 Å². The van der Waals surface area contributed by atoms with Crippen LogP contribution in [0.3, 0.4) is 0 Å². The number of rotatable bonds is 5. The number of anilines is 1. The monoisotopic (exact) mass is 378 g/mol. The van der Waals surface area contributed by atoms with E-state index in [9.17, 15) is 4.79 Å². The zero-order chi connectivity index (χ0) is 16.9. The van der Waals surface area contributed by atoms with Crippen molar-refractivity contribution in [1.29, 1.82) is 0 Å². The molecule has 2 aromatic carbocycles. The molecule has 0 bridgehead atoms. The van der Waals surface area contributed by atoms with Gasteiger partial charge in [-0.15, -0.1) is 0 Å². The van der Waals surface area contributed by atoms with E-state index < -0.39 is 0 Å². The first-order chi connectivity index (χ1) is 11.6. The van der Waals surface area contributed by atoms with Crippen molar-refractivity contribution in [3.05, 3.63) is 64.8 Å². The van der Waals surface area contributed by atoms with Gasteiger partial charge in [0.25, 0.3) is 5.91 Å². The largest absolute Gasteiger partial charge is 0.482 e. The van der Waals surface area contributed by atoms with Crippen molar-refractivity contribution in [2.24, 2.45) is 0 Å². The van der Waals surface area contributed by atoms with Gasteiger partial charge in [-0.1, -0.05) is 64.9 Å². The predicted octanol–water partition coefficient (Wildman–Crippen LogP) is 5.13. The van der Waals surface area contributed by atoms with E-state index in [1.807, 2.05) is 30.3 Å². The average Bonchev–Trinajstić information content (AvgIpc) is 3.03. The summed E-state index contributed by atoms with van der Waals surface area (Å²) in [7, 11) is 0. The molecule has 3 aromatic rings. The van der Waals surface area contributed by atoms with Crippen molar-refractivity contribution < 1.29 is 9.53 Å². The molecule has 0 saturated carbocycles. The van der Waals surface area contributed by atoms with E-state index in [1.165, 1.54) is 11.3 Å². The molecule has 1 N–H and O–H groups in total. The van der Waals surface area contributed by atoms with E-state index in [0.717, 1.165) is 10.4 Å². The van der Waals surface area contributed by atoms with Crippen LogP contribution in [0.4, 0.5) is 5.13 Å². The summed E-state index contributed by atoms with van der Waals surface area (Å²) in [5.41, 5.74) is 1.06. The minimum Gasteiger partial charge on any atom is -0.482 e. The van der Waals surface area contributed by atoms with Crippen molar-refractivity contribution in [1.82, 2.24) is 4.98 Å². The van der Waals surface area contributed by atoms with Gasteiger partial charge in [0.1, 0.15) is 5.75 Å². The maximum absolute atomic E-state index is 12.0. The summed E-state index contributed by atoms with van der Waals surface area (Å²) in [4.78, 5) is 17.2. The standard InChI is InChI=1S/C17H12Cl2N2O2S/c18-12-6-7-14(13(19)8-12)23-10-16(22)21-17-20-9-15(24-17)11-4-2-1-3-5-11/h1-9H,10H2,(H,20,21,22). The third kappa shape index (κ3) is 4.26. The summed E-state index contributed by atoms with van der Waals surface area (Å²) in [6, 6.07) is 14.7. The minimum atomic E-state index is -0.310. The molecule has 7 heteroatoms. The highest BCUT2D eigenvalue weighted by Crippen LogP contribution is 2.29. The number of nitrogens with one attached hydrogen (secondary N) is 1. The molecule has 0 spiro atoms. The smallest absolute Gasteiger partial charge is 0.264 e. The number of benzene rings is 2. The summed E-state index contributed by atoms with van der Waals surface area (Å²) in [6.07, 6.45) is 1.73. The third-order valence-electron chi connectivity index (χ3n) is 3.06. The normalized spacial score (nSPS) is 10.4. The molecule has 0 fully saturated rings. The first kappa shape index (κ1) is 16.8. The summed E-state index contributed by atoms with van der Waals surface area (Å²) >= 11 is 13.2. The number of hydrogen-bond donors (Lipinski definition) is 1. The maximum atomic E-state index is 12.0. The van der Waals surface area contributed by atoms with Crippen molar-refractivity contribution in [3.8, 4) is 16.2 Å². The van der Waals surface area contributed by atoms with E-state index in [4.69, 9.17) is 27.9 Å². The summed E-state index contributed by atoms with van der Waals surface area (Å²) in [5, 5.41) is 4.09. The van der Waals surface area contributed by atoms with Gasteiger partial charge in [0.2, 0.25) is 0 Å². The Morgan fingerprint density at radius 1 is 1.17 bits per heavy atom. The second-order valence-electron chi connectivity index (χ2n) is 4.81. The molecule has 24 heavy (non-hydrogen) atoms. The number of carbonyl (C=O) groups is 1. The molecule has 0 aliphatic heterocycles. The molecule has 122 valence electrons. The highest BCUT2D eigenvalue weighted by atomic mass is 35.5. The van der Waals surface area contributed by atoms with E-state index in [-0.39, 0.29) is 12.5 Å². The zero-order valence-electron chi connectivity index (χ0n) is 12.3. The lowest BCUT2D eigenvalue weighted by molar-refractivity contribution is -0.118. The average molecular weight is 379 g/mol. The number of aromatic nitrogens is 1. The lowest BCUT2D eigenvalue weighted by Crippen LogP contribution is -2.20. The van der Waals surface area contributed by atoms with Crippen molar-refractivity contribution >= 4 is 45.6 Å². The van der Waals surface area contributed by atoms with E-state index >= 15 is 0 Å². The van der Waals surface area contributed by atoms with E-state index in [1.54, 1.807) is 24.4 Å². The number of thiazole rings is 1. The van der Waals surface area contributed by atoms with Crippen LogP contribution in [0.25, 0.3) is 10.4 Å². The molecule has 0 aliphatic carbocycles. The molecular weight excluding hydrogens is 367 g/mol. The van der Waals surface area contributed by atoms with Crippen LogP contribution in [0.1, 0.15) is 0 Å². The number of amides is 1. The molecule has 1 heterocycles. The first-order valence-electron chi connectivity index (χ1n) is 7.01. The van der Waals surface area contributed by atoms with Crippen LogP contribution in [-0.4, -0.2) is 17.5 Å². The van der Waals surface area contributed by atoms with Crippen molar-refractivity contribution in [2.45, 2.75) is 0 Å². The Balaban J connectivity index is 1.58. The van der Waals surface area contributed by atoms with Crippen LogP contribution in [0, 0.1) is 0 Å². The molecule has 0 aliphatic rings. The molecular formula is C17H12Cl2N2O2S. The van der Waals surface area contributed by atoms with Crippen LogP contribution in [0.15, 0.2) is 54.7 Å². The fourth-order valence-corrected chi connectivity index (χ4v) is 3.26. The lowest BCUT2D eigenvalue weighted by Gasteiger charge is -2.07. The molecule has 1 amide bonds. The topological polar surface area (TPSA) is 51.2 Å². The number of carbonyl (C=O) groups excluding carboxylic acids is 1. The molecule has 4 nitrogen and oxygen atoms in total. The fourth-order valence-electron chi connectivity index (χ4n) is 1.96. The molecule has 3 rings (SSSR count). The van der Waals surface area contributed by atoms with Gasteiger partial charge < -0.3 is 4.74 Å². The van der Waals surface area contributed by atoms with Crippen molar-refractivity contribution in [3.63, 3.8) is 0 Å². The Morgan fingerprint density at radius 3 is 2.71 bits per heavy atom. The minimum absolute atomic E-state index is 0.165. The third-order valence-corrected chi connectivity index (χ3v) is 4.56. The molecule has 0 radical (unpaired) electrons. The van der Waals surface area contributed by atoms with Gasteiger partial charge in [-0.25, -0.2) is 4.98 Å². The Bertz CT molecular complexity index is 853. The Morgan fingerprint density at radius 2 is 1.96 bits per heavy atom. The highest BCUT2D eigenvalue weighted by molar-refractivity contribution is 7.19. The quantitative estimate of drug-likeness (QED) is 0.668. The number of ether oxygens (including phenoxy) is 1. The van der Waals surface area contributed by atoms with Gasteiger partial charge in [0, 0.05) is 11.2 Å². The highest BCUT2D eigenvalue weighted by Gasteiger charge is 2.10. The van der Waals surface area contributed by atoms with Crippen LogP contribution >= 0.6 is 34.5 Å². The predicted molar refractivity (Wildman–Crippen MR) is 98.1 cm³/mol. The van der Waals surface area contributed by atoms with Crippen molar-refractivity contribution in [2.75, 3.05) is 11.9 Å². The zero-order valence-corrected chi connectivity index (χ0v) is 14.7. The van der Waals surface area contributed by atoms with Gasteiger partial charge >= 0.3 is 0 Å². The van der Waals surface area contributed by atoms with Crippen LogP contribution in [-0.2, 0) is 4.79 Å². The molecule has 0 unspecified atom stereocenters. The second-order valence-corrected chi connectivity index (χ2v) is 6.68. The SMILES string of the molecule is O=C(COc1ccc(Cl)cc1Cl)Nc1ncc(-c2ccccc2)s1. The van der Waals surface area contributed by atoms with Gasteiger partial charge in [-0.05, 0) is 23.8 Å². The number of halogens is 2. The number of nitrogens with zero attached hydrogens (tertiary/aromatic N) is 1. The number of hydrogen-bond acceptors (Lipinski definition) is 4. The Labute approximate surface area is 153 Å². The van der Waals surface area contributed by atoms with Gasteiger partial charge in [0.05, 0.1) is 9.90 Å². The van der Waals surface area contributed by atoms with Crippen LogP contribution in [0.2, 0.25) is 10.0 Å².